The van der Waals surface area contributed by atoms with Gasteiger partial charge in [-0.05, 0) is 35.4 Å². The zero-order chi connectivity index (χ0) is 18.0. The van der Waals surface area contributed by atoms with Crippen LogP contribution in [0.2, 0.25) is 0 Å². The molecule has 1 aliphatic rings. The highest BCUT2D eigenvalue weighted by Crippen LogP contribution is 2.29. The van der Waals surface area contributed by atoms with Crippen LogP contribution in [-0.2, 0) is 17.8 Å². The second kappa shape index (κ2) is 6.84. The normalized spacial score (nSPS) is 12.8. The molecule has 6 nitrogen and oxygen atoms in total. The Balaban J connectivity index is 1.69. The third-order valence-corrected chi connectivity index (χ3v) is 4.32. The molecule has 6 heteroatoms. The largest absolute Gasteiger partial charge is 0.493 e. The van der Waals surface area contributed by atoms with Crippen LogP contribution in [0, 0.1) is 0 Å². The van der Waals surface area contributed by atoms with Crippen molar-refractivity contribution in [1.29, 1.82) is 0 Å². The molecule has 1 N–H and O–H groups in total. The monoisotopic (exact) mass is 340 g/mol. The van der Waals surface area contributed by atoms with E-state index in [4.69, 9.17) is 9.47 Å². The zero-order valence-corrected chi connectivity index (χ0v) is 14.5. The van der Waals surface area contributed by atoms with Crippen molar-refractivity contribution >= 4 is 17.5 Å². The van der Waals surface area contributed by atoms with Crippen LogP contribution in [0.4, 0.5) is 5.69 Å². The summed E-state index contributed by atoms with van der Waals surface area (Å²) in [4.78, 5) is 25.7. The number of hydrogen-bond donors (Lipinski definition) is 1. The van der Waals surface area contributed by atoms with E-state index < -0.39 is 0 Å². The maximum absolute atomic E-state index is 12.4. The number of amides is 2. The van der Waals surface area contributed by atoms with Gasteiger partial charge in [0.2, 0.25) is 5.91 Å². The molecule has 130 valence electrons. The Hall–Kier alpha value is -3.02. The summed E-state index contributed by atoms with van der Waals surface area (Å²) in [6.07, 6.45) is 0.406. The summed E-state index contributed by atoms with van der Waals surface area (Å²) in [5.74, 6) is 0.969. The Labute approximate surface area is 146 Å². The molecule has 3 rings (SSSR count). The number of nitrogens with one attached hydrogen (secondary N) is 1. The summed E-state index contributed by atoms with van der Waals surface area (Å²) in [5, 5.41) is 2.88. The van der Waals surface area contributed by atoms with Crippen LogP contribution in [0.3, 0.4) is 0 Å². The van der Waals surface area contributed by atoms with Crippen molar-refractivity contribution in [3.63, 3.8) is 0 Å². The Morgan fingerprint density at radius 2 is 1.88 bits per heavy atom. The lowest BCUT2D eigenvalue weighted by atomic mass is 10.1. The maximum Gasteiger partial charge on any atom is 0.251 e. The van der Waals surface area contributed by atoms with Gasteiger partial charge in [0.15, 0.2) is 11.5 Å². The predicted octanol–water partition coefficient (Wildman–Crippen LogP) is 2.15. The fourth-order valence-corrected chi connectivity index (χ4v) is 2.90. The molecule has 25 heavy (non-hydrogen) atoms. The summed E-state index contributed by atoms with van der Waals surface area (Å²) < 4.78 is 10.4. The van der Waals surface area contributed by atoms with E-state index in [1.807, 2.05) is 18.2 Å². The smallest absolute Gasteiger partial charge is 0.251 e. The van der Waals surface area contributed by atoms with Crippen LogP contribution in [0.5, 0.6) is 11.5 Å². The van der Waals surface area contributed by atoms with E-state index in [1.54, 1.807) is 37.3 Å². The van der Waals surface area contributed by atoms with E-state index in [-0.39, 0.29) is 11.8 Å². The van der Waals surface area contributed by atoms with Gasteiger partial charge >= 0.3 is 0 Å². The Morgan fingerprint density at radius 1 is 1.12 bits per heavy atom. The van der Waals surface area contributed by atoms with E-state index >= 15 is 0 Å². The standard InChI is InChI=1S/C19H20N2O4/c1-21-15-6-4-12(8-14(15)10-18(21)22)11-20-19(23)13-5-7-16(24-2)17(9-13)25-3/h4-9H,10-11H2,1-3H3,(H,20,23). The number of nitrogens with zero attached hydrogens (tertiary/aromatic N) is 1. The third-order valence-electron chi connectivity index (χ3n) is 4.32. The van der Waals surface area contributed by atoms with Gasteiger partial charge in [0, 0.05) is 24.8 Å². The molecule has 0 bridgehead atoms. The second-order valence-corrected chi connectivity index (χ2v) is 5.85. The summed E-state index contributed by atoms with van der Waals surface area (Å²) in [6.45, 7) is 0.387. The van der Waals surface area contributed by atoms with Crippen LogP contribution >= 0.6 is 0 Å². The highest BCUT2D eigenvalue weighted by molar-refractivity contribution is 6.01. The van der Waals surface area contributed by atoms with Gasteiger partial charge in [-0.25, -0.2) is 0 Å². The number of carbonyl (C=O) groups is 2. The van der Waals surface area contributed by atoms with Gasteiger partial charge in [-0.15, -0.1) is 0 Å². The minimum atomic E-state index is -0.199. The fourth-order valence-electron chi connectivity index (χ4n) is 2.90. The van der Waals surface area contributed by atoms with Crippen molar-refractivity contribution in [2.24, 2.45) is 0 Å². The van der Waals surface area contributed by atoms with Gasteiger partial charge in [0.25, 0.3) is 5.91 Å². The molecule has 0 saturated heterocycles. The molecular formula is C19H20N2O4. The molecule has 0 aliphatic carbocycles. The highest BCUT2D eigenvalue weighted by atomic mass is 16.5. The van der Waals surface area contributed by atoms with Crippen LogP contribution in [0.15, 0.2) is 36.4 Å². The summed E-state index contributed by atoms with van der Waals surface area (Å²) in [7, 11) is 4.85. The average Bonchev–Trinajstić information content (AvgIpc) is 2.92. The number of carbonyl (C=O) groups excluding carboxylic acids is 2. The van der Waals surface area contributed by atoms with Crippen molar-refractivity contribution in [2.75, 3.05) is 26.2 Å². The van der Waals surface area contributed by atoms with Crippen LogP contribution in [-0.4, -0.2) is 33.1 Å². The van der Waals surface area contributed by atoms with Gasteiger partial charge < -0.3 is 19.7 Å². The first kappa shape index (κ1) is 16.8. The van der Waals surface area contributed by atoms with Crippen molar-refractivity contribution in [2.45, 2.75) is 13.0 Å². The number of ether oxygens (including phenoxy) is 2. The highest BCUT2D eigenvalue weighted by Gasteiger charge is 2.23. The SMILES string of the molecule is COc1ccc(C(=O)NCc2ccc3c(c2)CC(=O)N3C)cc1OC. The van der Waals surface area contributed by atoms with Gasteiger partial charge in [0.05, 0.1) is 20.6 Å². The molecule has 0 unspecified atom stereocenters. The average molecular weight is 340 g/mol. The third kappa shape index (κ3) is 3.28. The number of methoxy groups -OCH3 is 2. The second-order valence-electron chi connectivity index (χ2n) is 5.85. The van der Waals surface area contributed by atoms with E-state index in [0.717, 1.165) is 16.8 Å². The van der Waals surface area contributed by atoms with Gasteiger partial charge in [-0.2, -0.15) is 0 Å². The number of likely N-dealkylation sites (N-methyl/N-ethyl adjacent to an activating group) is 1. The first-order chi connectivity index (χ1) is 12.0. The van der Waals surface area contributed by atoms with Gasteiger partial charge in [-0.3, -0.25) is 9.59 Å². The Bertz CT molecular complexity index is 832. The van der Waals surface area contributed by atoms with Gasteiger partial charge in [-0.1, -0.05) is 12.1 Å². The zero-order valence-electron chi connectivity index (χ0n) is 14.5. The van der Waals surface area contributed by atoms with E-state index in [1.165, 1.54) is 7.11 Å². The van der Waals surface area contributed by atoms with Crippen molar-refractivity contribution < 1.29 is 19.1 Å². The van der Waals surface area contributed by atoms with Crippen molar-refractivity contribution in [3.05, 3.63) is 53.1 Å². The minimum Gasteiger partial charge on any atom is -0.493 e. The van der Waals surface area contributed by atoms with Crippen LogP contribution in [0.1, 0.15) is 21.5 Å². The van der Waals surface area contributed by atoms with E-state index in [0.29, 0.717) is 30.0 Å². The summed E-state index contributed by atoms with van der Waals surface area (Å²) in [5.41, 5.74) is 3.37. The van der Waals surface area contributed by atoms with Crippen LogP contribution < -0.4 is 19.7 Å². The Morgan fingerprint density at radius 3 is 2.60 bits per heavy atom. The number of rotatable bonds is 5. The number of hydrogen-bond acceptors (Lipinski definition) is 4. The lowest BCUT2D eigenvalue weighted by Gasteiger charge is -2.12. The predicted molar refractivity (Wildman–Crippen MR) is 94.3 cm³/mol. The molecular weight excluding hydrogens is 320 g/mol. The Kier molecular flexibility index (Phi) is 4.61. The fraction of sp³-hybridized carbons (Fsp3) is 0.263. The molecule has 0 spiro atoms. The first-order valence-electron chi connectivity index (χ1n) is 7.92. The molecule has 0 radical (unpaired) electrons. The first-order valence-corrected chi connectivity index (χ1v) is 7.92. The minimum absolute atomic E-state index is 0.0847. The molecule has 2 amide bonds. The van der Waals surface area contributed by atoms with E-state index in [9.17, 15) is 9.59 Å². The molecule has 1 heterocycles. The molecule has 0 atom stereocenters. The molecule has 0 saturated carbocycles. The quantitative estimate of drug-likeness (QED) is 0.906. The van der Waals surface area contributed by atoms with Crippen LogP contribution in [0.25, 0.3) is 0 Å². The molecule has 0 aromatic heterocycles. The number of fused-ring (bicyclic) bond motifs is 1. The molecule has 2 aromatic carbocycles. The maximum atomic E-state index is 12.4. The lowest BCUT2D eigenvalue weighted by molar-refractivity contribution is -0.117. The van der Waals surface area contributed by atoms with Gasteiger partial charge in [0.1, 0.15) is 0 Å². The molecule has 2 aromatic rings. The molecule has 1 aliphatic heterocycles. The molecule has 0 fully saturated rings. The lowest BCUT2D eigenvalue weighted by Crippen LogP contribution is -2.23. The van der Waals surface area contributed by atoms with E-state index in [2.05, 4.69) is 5.32 Å². The summed E-state index contributed by atoms with van der Waals surface area (Å²) >= 11 is 0. The topological polar surface area (TPSA) is 67.9 Å². The van der Waals surface area contributed by atoms with Crippen molar-refractivity contribution in [1.82, 2.24) is 5.32 Å². The number of benzene rings is 2. The number of anilines is 1. The summed E-state index contributed by atoms with van der Waals surface area (Å²) in [6, 6.07) is 10.8. The van der Waals surface area contributed by atoms with Crippen molar-refractivity contribution in [3.8, 4) is 11.5 Å².